The Labute approximate surface area is 118 Å². The molecule has 2 rings (SSSR count). The topological polar surface area (TPSA) is 62.4 Å². The van der Waals surface area contributed by atoms with E-state index in [1.807, 2.05) is 0 Å². The van der Waals surface area contributed by atoms with Crippen LogP contribution in [0.25, 0.3) is 0 Å². The third-order valence-electron chi connectivity index (χ3n) is 3.38. The van der Waals surface area contributed by atoms with Crippen molar-refractivity contribution >= 4 is 5.91 Å². The van der Waals surface area contributed by atoms with Gasteiger partial charge in [-0.1, -0.05) is 0 Å². The van der Waals surface area contributed by atoms with Gasteiger partial charge in [0.1, 0.15) is 5.56 Å². The van der Waals surface area contributed by atoms with E-state index in [0.29, 0.717) is 10.6 Å². The first-order valence-electron chi connectivity index (χ1n) is 6.40. The number of halogens is 3. The second-order valence-corrected chi connectivity index (χ2v) is 4.95. The monoisotopic (exact) mass is 304 g/mol. The normalized spacial score (nSPS) is 23.2. The van der Waals surface area contributed by atoms with E-state index in [-0.39, 0.29) is 18.7 Å². The van der Waals surface area contributed by atoms with Gasteiger partial charge in [-0.3, -0.25) is 9.59 Å². The molecule has 0 unspecified atom stereocenters. The number of hydrogen-bond donors (Lipinski definition) is 1. The van der Waals surface area contributed by atoms with Crippen LogP contribution in [0.4, 0.5) is 13.2 Å². The third-order valence-corrected chi connectivity index (χ3v) is 3.38. The Hall–Kier alpha value is -1.83. The molecule has 0 spiro atoms. The summed E-state index contributed by atoms with van der Waals surface area (Å²) >= 11 is 0. The number of hydrogen-bond acceptors (Lipinski definition) is 3. The summed E-state index contributed by atoms with van der Waals surface area (Å²) in [6, 6.07) is -0.876. The Balaban J connectivity index is 2.38. The molecule has 0 saturated carbocycles. The summed E-state index contributed by atoms with van der Waals surface area (Å²) in [5.41, 5.74) is -0.375. The van der Waals surface area contributed by atoms with E-state index < -0.39 is 29.7 Å². The Morgan fingerprint density at radius 2 is 2.14 bits per heavy atom. The van der Waals surface area contributed by atoms with Crippen LogP contribution in [0.15, 0.2) is 17.1 Å². The van der Waals surface area contributed by atoms with Crippen molar-refractivity contribution < 1.29 is 22.7 Å². The largest absolute Gasteiger partial charge is 0.411 e. The zero-order valence-electron chi connectivity index (χ0n) is 11.5. The van der Waals surface area contributed by atoms with Crippen molar-refractivity contribution in [3.63, 3.8) is 0 Å². The van der Waals surface area contributed by atoms with Crippen molar-refractivity contribution in [1.82, 2.24) is 9.88 Å². The van der Waals surface area contributed by atoms with Gasteiger partial charge in [-0.15, -0.1) is 0 Å². The SMILES string of the molecule is Cc1cc(=O)c(C(=O)N2CCO[C@@H](C)[C@H]2C(F)(F)F)c[nH]1. The Morgan fingerprint density at radius 3 is 2.71 bits per heavy atom. The molecule has 116 valence electrons. The van der Waals surface area contributed by atoms with Crippen molar-refractivity contribution in [2.24, 2.45) is 0 Å². The Morgan fingerprint density at radius 1 is 1.48 bits per heavy atom. The lowest BCUT2D eigenvalue weighted by molar-refractivity contribution is -0.220. The van der Waals surface area contributed by atoms with Gasteiger partial charge in [0, 0.05) is 24.5 Å². The Kier molecular flexibility index (Phi) is 4.08. The van der Waals surface area contributed by atoms with E-state index in [9.17, 15) is 22.8 Å². The molecule has 1 amide bonds. The molecule has 1 fully saturated rings. The van der Waals surface area contributed by atoms with E-state index in [1.54, 1.807) is 6.92 Å². The number of nitrogens with one attached hydrogen (secondary N) is 1. The predicted octanol–water partition coefficient (Wildman–Crippen LogP) is 1.48. The number of H-pyrrole nitrogens is 1. The number of pyridine rings is 1. The van der Waals surface area contributed by atoms with Crippen LogP contribution in [0, 0.1) is 6.92 Å². The highest BCUT2D eigenvalue weighted by Crippen LogP contribution is 2.31. The summed E-state index contributed by atoms with van der Waals surface area (Å²) in [6.45, 7) is 2.67. The highest BCUT2D eigenvalue weighted by atomic mass is 19.4. The van der Waals surface area contributed by atoms with Gasteiger partial charge in [0.05, 0.1) is 12.7 Å². The van der Waals surface area contributed by atoms with E-state index in [2.05, 4.69) is 4.98 Å². The third kappa shape index (κ3) is 3.10. The van der Waals surface area contributed by atoms with Gasteiger partial charge < -0.3 is 14.6 Å². The van der Waals surface area contributed by atoms with Gasteiger partial charge in [-0.2, -0.15) is 13.2 Å². The van der Waals surface area contributed by atoms with E-state index >= 15 is 0 Å². The number of morpholine rings is 1. The molecular weight excluding hydrogens is 289 g/mol. The molecule has 1 aromatic heterocycles. The quantitative estimate of drug-likeness (QED) is 0.855. The van der Waals surface area contributed by atoms with E-state index in [1.165, 1.54) is 13.0 Å². The fourth-order valence-corrected chi connectivity index (χ4v) is 2.39. The van der Waals surface area contributed by atoms with Crippen LogP contribution in [-0.4, -0.2) is 47.3 Å². The van der Waals surface area contributed by atoms with Crippen LogP contribution in [-0.2, 0) is 4.74 Å². The van der Waals surface area contributed by atoms with Gasteiger partial charge in [-0.25, -0.2) is 0 Å². The first-order valence-corrected chi connectivity index (χ1v) is 6.40. The maximum atomic E-state index is 13.1. The minimum Gasteiger partial charge on any atom is -0.374 e. The smallest absolute Gasteiger partial charge is 0.374 e. The summed E-state index contributed by atoms with van der Waals surface area (Å²) in [5, 5.41) is 0. The predicted molar refractivity (Wildman–Crippen MR) is 68.1 cm³/mol. The van der Waals surface area contributed by atoms with Crippen LogP contribution in [0.2, 0.25) is 0 Å². The fourth-order valence-electron chi connectivity index (χ4n) is 2.39. The van der Waals surface area contributed by atoms with Gasteiger partial charge in [-0.05, 0) is 13.8 Å². The molecule has 1 aromatic rings. The summed E-state index contributed by atoms with van der Waals surface area (Å²) < 4.78 is 44.4. The number of carbonyl (C=O) groups is 1. The Bertz CT molecular complexity index is 597. The summed E-state index contributed by atoms with van der Waals surface area (Å²) in [5.74, 6) is -0.936. The first-order chi connectivity index (χ1) is 9.71. The lowest BCUT2D eigenvalue weighted by Gasteiger charge is -2.40. The fraction of sp³-hybridized carbons (Fsp3) is 0.538. The van der Waals surface area contributed by atoms with E-state index in [4.69, 9.17) is 4.74 Å². The molecule has 2 heterocycles. The van der Waals surface area contributed by atoms with Crippen LogP contribution >= 0.6 is 0 Å². The summed E-state index contributed by atoms with van der Waals surface area (Å²) in [7, 11) is 0. The van der Waals surface area contributed by atoms with Crippen LogP contribution in [0.1, 0.15) is 23.0 Å². The lowest BCUT2D eigenvalue weighted by Crippen LogP contribution is -2.59. The van der Waals surface area contributed by atoms with Gasteiger partial charge in [0.25, 0.3) is 5.91 Å². The van der Waals surface area contributed by atoms with Gasteiger partial charge in [0.15, 0.2) is 11.5 Å². The van der Waals surface area contributed by atoms with Crippen molar-refractivity contribution in [3.05, 3.63) is 33.7 Å². The lowest BCUT2D eigenvalue weighted by atomic mass is 10.1. The molecule has 1 saturated heterocycles. The van der Waals surface area contributed by atoms with E-state index in [0.717, 1.165) is 6.20 Å². The molecule has 1 aliphatic heterocycles. The molecule has 21 heavy (non-hydrogen) atoms. The molecule has 0 aromatic carbocycles. The highest BCUT2D eigenvalue weighted by Gasteiger charge is 2.51. The molecular formula is C13H15F3N2O3. The molecule has 1 aliphatic rings. The average Bonchev–Trinajstić information content (AvgIpc) is 2.36. The van der Waals surface area contributed by atoms with Crippen molar-refractivity contribution in [2.75, 3.05) is 13.2 Å². The number of nitrogens with zero attached hydrogens (tertiary/aromatic N) is 1. The van der Waals surface area contributed by atoms with Crippen LogP contribution in [0.3, 0.4) is 0 Å². The summed E-state index contributed by atoms with van der Waals surface area (Å²) in [6.07, 6.45) is -4.65. The molecule has 8 heteroatoms. The number of aromatic amines is 1. The zero-order valence-corrected chi connectivity index (χ0v) is 11.5. The molecule has 5 nitrogen and oxygen atoms in total. The molecule has 0 bridgehead atoms. The van der Waals surface area contributed by atoms with Crippen LogP contribution in [0.5, 0.6) is 0 Å². The number of ether oxygens (including phenoxy) is 1. The van der Waals surface area contributed by atoms with Gasteiger partial charge >= 0.3 is 6.18 Å². The van der Waals surface area contributed by atoms with Crippen LogP contribution < -0.4 is 5.43 Å². The van der Waals surface area contributed by atoms with Crippen molar-refractivity contribution in [2.45, 2.75) is 32.2 Å². The molecule has 2 atom stereocenters. The second-order valence-electron chi connectivity index (χ2n) is 4.95. The van der Waals surface area contributed by atoms with Gasteiger partial charge in [0.2, 0.25) is 0 Å². The summed E-state index contributed by atoms with van der Waals surface area (Å²) in [4.78, 5) is 27.4. The second kappa shape index (κ2) is 5.51. The first kappa shape index (κ1) is 15.6. The standard InChI is InChI=1S/C13H15F3N2O3/c1-7-5-10(19)9(6-17-7)12(20)18-3-4-21-8(2)11(18)13(14,15)16/h5-6,8,11H,3-4H2,1-2H3,(H,17,19)/t8-,11-/m0/s1. The maximum absolute atomic E-state index is 13.1. The van der Waals surface area contributed by atoms with Crippen molar-refractivity contribution in [3.8, 4) is 0 Å². The maximum Gasteiger partial charge on any atom is 0.411 e. The number of alkyl halides is 3. The number of aryl methyl sites for hydroxylation is 1. The number of aromatic nitrogens is 1. The van der Waals surface area contributed by atoms with Crippen molar-refractivity contribution in [1.29, 1.82) is 0 Å². The zero-order chi connectivity index (χ0) is 15.8. The molecule has 0 radical (unpaired) electrons. The molecule has 1 N–H and O–H groups in total. The highest BCUT2D eigenvalue weighted by molar-refractivity contribution is 5.94. The number of amides is 1. The minimum absolute atomic E-state index is 0.00323. The molecule has 0 aliphatic carbocycles. The number of carbonyl (C=O) groups excluding carboxylic acids is 1. The minimum atomic E-state index is -4.62. The number of rotatable bonds is 1. The average molecular weight is 304 g/mol.